The second kappa shape index (κ2) is 13.2. The number of primary amides is 2. The van der Waals surface area contributed by atoms with Crippen LogP contribution in [0.1, 0.15) is 31.2 Å². The van der Waals surface area contributed by atoms with Crippen molar-refractivity contribution in [3.63, 3.8) is 0 Å². The van der Waals surface area contributed by atoms with Gasteiger partial charge < -0.3 is 26.0 Å². The third-order valence-electron chi connectivity index (χ3n) is 3.69. The number of carboxylic acid groups (broad SMARTS) is 1. The van der Waals surface area contributed by atoms with Gasteiger partial charge in [-0.1, -0.05) is 11.6 Å². The fourth-order valence-electron chi connectivity index (χ4n) is 2.03. The lowest BCUT2D eigenvalue weighted by molar-refractivity contribution is 0.0690. The zero-order valence-corrected chi connectivity index (χ0v) is 18.1. The van der Waals surface area contributed by atoms with Gasteiger partial charge in [0.25, 0.3) is 0 Å². The third kappa shape index (κ3) is 9.14. The van der Waals surface area contributed by atoms with Gasteiger partial charge in [0.15, 0.2) is 0 Å². The van der Waals surface area contributed by atoms with Crippen molar-refractivity contribution in [2.45, 2.75) is 0 Å². The van der Waals surface area contributed by atoms with Crippen LogP contribution in [0.5, 0.6) is 11.5 Å². The Labute approximate surface area is 189 Å². The molecule has 3 rings (SSSR count). The van der Waals surface area contributed by atoms with E-state index in [0.717, 1.165) is 11.5 Å². The van der Waals surface area contributed by atoms with Crippen molar-refractivity contribution in [2.75, 3.05) is 14.2 Å². The average Bonchev–Trinajstić information content (AvgIpc) is 2.80. The molecule has 1 heterocycles. The van der Waals surface area contributed by atoms with E-state index in [1.54, 1.807) is 62.8 Å². The molecule has 9 nitrogen and oxygen atoms in total. The summed E-state index contributed by atoms with van der Waals surface area (Å²) in [5.74, 6) is -0.479. The number of nitrogens with two attached hydrogens (primary N) is 2. The van der Waals surface area contributed by atoms with Gasteiger partial charge in [0.2, 0.25) is 11.8 Å². The van der Waals surface area contributed by atoms with E-state index in [-0.39, 0.29) is 5.69 Å². The number of rotatable bonds is 5. The molecule has 32 heavy (non-hydrogen) atoms. The van der Waals surface area contributed by atoms with Gasteiger partial charge in [-0.3, -0.25) is 9.59 Å². The van der Waals surface area contributed by atoms with E-state index in [1.807, 2.05) is 0 Å². The summed E-state index contributed by atoms with van der Waals surface area (Å²) in [5.41, 5.74) is 11.0. The number of hydrogen-bond donors (Lipinski definition) is 3. The van der Waals surface area contributed by atoms with Gasteiger partial charge in [-0.05, 0) is 60.7 Å². The lowest BCUT2D eigenvalue weighted by Gasteiger charge is -1.98. The first-order valence-electron chi connectivity index (χ1n) is 8.90. The average molecular weight is 460 g/mol. The van der Waals surface area contributed by atoms with Gasteiger partial charge in [0.1, 0.15) is 17.2 Å². The van der Waals surface area contributed by atoms with E-state index in [1.165, 1.54) is 18.3 Å². The first-order valence-corrected chi connectivity index (χ1v) is 9.28. The minimum atomic E-state index is -1.07. The van der Waals surface area contributed by atoms with Crippen molar-refractivity contribution < 1.29 is 29.0 Å². The van der Waals surface area contributed by atoms with E-state index in [9.17, 15) is 14.4 Å². The summed E-state index contributed by atoms with van der Waals surface area (Å²) in [6, 6.07) is 16.1. The second-order valence-corrected chi connectivity index (χ2v) is 6.29. The Morgan fingerprint density at radius 3 is 1.47 bits per heavy atom. The molecule has 0 aliphatic heterocycles. The number of benzene rings is 2. The van der Waals surface area contributed by atoms with Crippen LogP contribution in [0.4, 0.5) is 0 Å². The molecule has 2 aromatic carbocycles. The molecule has 0 bridgehead atoms. The number of pyridine rings is 1. The van der Waals surface area contributed by atoms with E-state index in [0.29, 0.717) is 16.1 Å². The maximum Gasteiger partial charge on any atom is 0.354 e. The van der Waals surface area contributed by atoms with Gasteiger partial charge in [-0.2, -0.15) is 0 Å². The molecule has 0 saturated heterocycles. The zero-order chi connectivity index (χ0) is 24.1. The predicted molar refractivity (Wildman–Crippen MR) is 119 cm³/mol. The van der Waals surface area contributed by atoms with Crippen LogP contribution in [-0.4, -0.2) is 42.1 Å². The number of nitrogens with zero attached hydrogens (tertiary/aromatic N) is 1. The van der Waals surface area contributed by atoms with Crippen molar-refractivity contribution in [3.05, 3.63) is 88.7 Å². The van der Waals surface area contributed by atoms with Crippen LogP contribution in [0.15, 0.2) is 66.9 Å². The summed E-state index contributed by atoms with van der Waals surface area (Å²) < 4.78 is 9.79. The molecule has 0 spiro atoms. The lowest BCUT2D eigenvalue weighted by atomic mass is 10.2. The number of amides is 2. The highest BCUT2D eigenvalue weighted by Crippen LogP contribution is 2.11. The van der Waals surface area contributed by atoms with Gasteiger partial charge in [-0.25, -0.2) is 9.78 Å². The highest BCUT2D eigenvalue weighted by molar-refractivity contribution is 6.30. The van der Waals surface area contributed by atoms with Crippen LogP contribution < -0.4 is 20.9 Å². The molecule has 0 atom stereocenters. The Balaban J connectivity index is 0.000000240. The Kier molecular flexibility index (Phi) is 10.7. The molecule has 0 fully saturated rings. The van der Waals surface area contributed by atoms with Crippen molar-refractivity contribution in [2.24, 2.45) is 11.5 Å². The first kappa shape index (κ1) is 25.9. The lowest BCUT2D eigenvalue weighted by Crippen LogP contribution is -2.10. The van der Waals surface area contributed by atoms with Gasteiger partial charge in [-0.15, -0.1) is 0 Å². The van der Waals surface area contributed by atoms with Gasteiger partial charge in [0, 0.05) is 22.3 Å². The van der Waals surface area contributed by atoms with E-state index >= 15 is 0 Å². The summed E-state index contributed by atoms with van der Waals surface area (Å²) in [7, 11) is 3.14. The Morgan fingerprint density at radius 2 is 1.22 bits per heavy atom. The maximum absolute atomic E-state index is 10.6. The first-order chi connectivity index (χ1) is 15.2. The molecule has 1 aromatic heterocycles. The number of methoxy groups -OCH3 is 2. The van der Waals surface area contributed by atoms with Crippen LogP contribution in [0.2, 0.25) is 5.02 Å². The summed E-state index contributed by atoms with van der Waals surface area (Å²) in [4.78, 5) is 35.0. The van der Waals surface area contributed by atoms with Gasteiger partial charge in [0.05, 0.1) is 14.2 Å². The minimum Gasteiger partial charge on any atom is -0.497 e. The number of aromatic nitrogens is 1. The van der Waals surface area contributed by atoms with E-state index in [2.05, 4.69) is 4.98 Å². The fraction of sp³-hybridized carbons (Fsp3) is 0.0909. The van der Waals surface area contributed by atoms with Crippen molar-refractivity contribution in [3.8, 4) is 11.5 Å². The third-order valence-corrected chi connectivity index (χ3v) is 3.93. The smallest absolute Gasteiger partial charge is 0.354 e. The standard InChI is InChI=1S/2C8H9NO2.C6H4ClNO2/c2*1-11-7-4-2-6(3-5-7)8(9)10;7-4-1-2-8-5(3-4)6(9)10/h2*2-5H,1H3,(H2,9,10);1-3H,(H,9,10). The van der Waals surface area contributed by atoms with Crippen LogP contribution in [-0.2, 0) is 0 Å². The molecule has 3 aromatic rings. The molecule has 2 amide bonds. The molecule has 168 valence electrons. The highest BCUT2D eigenvalue weighted by Gasteiger charge is 2.02. The van der Waals surface area contributed by atoms with Crippen LogP contribution >= 0.6 is 11.6 Å². The van der Waals surface area contributed by atoms with Crippen molar-refractivity contribution in [1.82, 2.24) is 4.98 Å². The summed E-state index contributed by atoms with van der Waals surface area (Å²) >= 11 is 5.49. The summed E-state index contributed by atoms with van der Waals surface area (Å²) in [5, 5.41) is 8.77. The Bertz CT molecular complexity index is 983. The molecule has 0 aliphatic rings. The second-order valence-electron chi connectivity index (χ2n) is 5.85. The van der Waals surface area contributed by atoms with E-state index in [4.69, 9.17) is 37.6 Å². The van der Waals surface area contributed by atoms with E-state index < -0.39 is 17.8 Å². The van der Waals surface area contributed by atoms with Gasteiger partial charge >= 0.3 is 5.97 Å². The summed E-state index contributed by atoms with van der Waals surface area (Å²) in [6.07, 6.45) is 1.35. The number of halogens is 1. The number of aromatic carboxylic acids is 1. The number of carbonyl (C=O) groups excluding carboxylic acids is 2. The summed E-state index contributed by atoms with van der Waals surface area (Å²) in [6.45, 7) is 0. The molecule has 5 N–H and O–H groups in total. The number of ether oxygens (including phenoxy) is 2. The predicted octanol–water partition coefficient (Wildman–Crippen LogP) is 3.02. The molecule has 0 unspecified atom stereocenters. The Hall–Kier alpha value is -4.11. The van der Waals surface area contributed by atoms with Crippen LogP contribution in [0.3, 0.4) is 0 Å². The number of carbonyl (C=O) groups is 3. The maximum atomic E-state index is 10.6. The largest absolute Gasteiger partial charge is 0.497 e. The molecular weight excluding hydrogens is 438 g/mol. The topological polar surface area (TPSA) is 155 Å². The zero-order valence-electron chi connectivity index (χ0n) is 17.3. The number of carboxylic acids is 1. The molecule has 0 aliphatic carbocycles. The van der Waals surface area contributed by atoms with Crippen molar-refractivity contribution >= 4 is 29.4 Å². The molecule has 0 saturated carbocycles. The van der Waals surface area contributed by atoms with Crippen LogP contribution in [0, 0.1) is 0 Å². The minimum absolute atomic E-state index is 0.0347. The van der Waals surface area contributed by atoms with Crippen LogP contribution in [0.25, 0.3) is 0 Å². The molecule has 0 radical (unpaired) electrons. The van der Waals surface area contributed by atoms with Crippen molar-refractivity contribution in [1.29, 1.82) is 0 Å². The Morgan fingerprint density at radius 1 is 0.812 bits per heavy atom. The highest BCUT2D eigenvalue weighted by atomic mass is 35.5. The molecular formula is C22H22ClN3O6. The normalized spacial score (nSPS) is 9.22. The molecule has 10 heteroatoms. The number of hydrogen-bond acceptors (Lipinski definition) is 6. The monoisotopic (exact) mass is 459 g/mol. The fourth-order valence-corrected chi connectivity index (χ4v) is 2.19. The quantitative estimate of drug-likeness (QED) is 0.529. The SMILES string of the molecule is COc1ccc(C(N)=O)cc1.COc1ccc(C(N)=O)cc1.O=C(O)c1cc(Cl)ccn1.